The monoisotopic (exact) mass is 518 g/mol. The molecule has 1 aliphatic rings. The number of aromatic carboxylic acids is 1. The van der Waals surface area contributed by atoms with Crippen molar-refractivity contribution in [3.8, 4) is 34.1 Å². The van der Waals surface area contributed by atoms with E-state index in [1.807, 2.05) is 0 Å². The number of carboxylic acids is 1. The van der Waals surface area contributed by atoms with Crippen LogP contribution in [0.2, 0.25) is 5.02 Å². The number of anilines is 1. The topological polar surface area (TPSA) is 203 Å². The van der Waals surface area contributed by atoms with Gasteiger partial charge in [0.25, 0.3) is 0 Å². The van der Waals surface area contributed by atoms with Gasteiger partial charge in [-0.1, -0.05) is 35.9 Å². The molecule has 10 N–H and O–H groups in total. The number of aliphatic hydroxyl groups excluding tert-OH is 1. The smallest absolute Gasteiger partial charge is 0.335 e. The Kier molecular flexibility index (Phi) is 6.37. The van der Waals surface area contributed by atoms with Gasteiger partial charge in [0.15, 0.2) is 17.2 Å². The summed E-state index contributed by atoms with van der Waals surface area (Å²) in [6.07, 6.45) is -2.52. The van der Waals surface area contributed by atoms with Crippen molar-refractivity contribution in [2.45, 2.75) is 24.0 Å². The molecular formula is C24H23ClN2O9. The summed E-state index contributed by atoms with van der Waals surface area (Å²) in [5.74, 6) is -5.20. The van der Waals surface area contributed by atoms with E-state index in [0.29, 0.717) is 11.3 Å². The van der Waals surface area contributed by atoms with E-state index in [0.717, 1.165) is 5.56 Å². The summed E-state index contributed by atoms with van der Waals surface area (Å²) in [5, 5.41) is 85.4. The summed E-state index contributed by atoms with van der Waals surface area (Å²) < 4.78 is 0. The van der Waals surface area contributed by atoms with E-state index in [2.05, 4.69) is 10.6 Å². The molecule has 0 radical (unpaired) electrons. The normalized spacial score (nSPS) is 22.0. The van der Waals surface area contributed by atoms with Crippen molar-refractivity contribution in [2.24, 2.45) is 0 Å². The zero-order valence-electron chi connectivity index (χ0n) is 18.5. The Balaban J connectivity index is 1.46. The first-order valence-electron chi connectivity index (χ1n) is 10.6. The van der Waals surface area contributed by atoms with E-state index in [9.17, 15) is 45.6 Å². The minimum Gasteiger partial charge on any atom is -0.506 e. The Labute approximate surface area is 209 Å². The van der Waals surface area contributed by atoms with E-state index >= 15 is 0 Å². The summed E-state index contributed by atoms with van der Waals surface area (Å²) in [6.45, 7) is -0.139. The fourth-order valence-electron chi connectivity index (χ4n) is 4.17. The van der Waals surface area contributed by atoms with Crippen LogP contribution in [0.4, 0.5) is 5.69 Å². The number of phenols is 4. The first kappa shape index (κ1) is 25.4. The van der Waals surface area contributed by atoms with Crippen LogP contribution >= 0.6 is 11.6 Å². The molecule has 3 unspecified atom stereocenters. The van der Waals surface area contributed by atoms with Gasteiger partial charge < -0.3 is 46.2 Å². The lowest BCUT2D eigenvalue weighted by Crippen LogP contribution is -2.76. The fourth-order valence-corrected chi connectivity index (χ4v) is 4.37. The number of halogens is 1. The minimum absolute atomic E-state index is 0.136. The van der Waals surface area contributed by atoms with Crippen LogP contribution in [0.3, 0.4) is 0 Å². The molecule has 0 aromatic heterocycles. The van der Waals surface area contributed by atoms with Crippen LogP contribution in [0.5, 0.6) is 23.0 Å². The molecule has 1 fully saturated rings. The van der Waals surface area contributed by atoms with Crippen molar-refractivity contribution in [1.29, 1.82) is 0 Å². The molecule has 4 rings (SSSR count). The number of aliphatic hydroxyl groups is 3. The second kappa shape index (κ2) is 9.04. The molecule has 0 saturated carbocycles. The number of aromatic hydroxyl groups is 4. The zero-order valence-corrected chi connectivity index (χ0v) is 19.2. The SMILES string of the molecule is O=C(O)c1cccc(-c2cccc(NCC3(O)CC(O)(C(O)c4c(O)c(O)c(O)c(Cl)c4O)N3)c2)c1. The fraction of sp³-hybridized carbons (Fsp3) is 0.208. The van der Waals surface area contributed by atoms with Gasteiger partial charge in [-0.05, 0) is 35.4 Å². The van der Waals surface area contributed by atoms with Crippen molar-refractivity contribution in [2.75, 3.05) is 11.9 Å². The van der Waals surface area contributed by atoms with E-state index in [1.165, 1.54) is 12.1 Å². The number of nitrogens with one attached hydrogen (secondary N) is 2. The quantitative estimate of drug-likeness (QED) is 0.162. The van der Waals surface area contributed by atoms with Gasteiger partial charge in [-0.15, -0.1) is 0 Å². The summed E-state index contributed by atoms with van der Waals surface area (Å²) in [7, 11) is 0. The predicted octanol–water partition coefficient (Wildman–Crippen LogP) is 2.04. The average molecular weight is 519 g/mol. The van der Waals surface area contributed by atoms with Crippen LogP contribution < -0.4 is 10.6 Å². The maximum Gasteiger partial charge on any atom is 0.335 e. The molecule has 3 aromatic carbocycles. The molecule has 11 nitrogen and oxygen atoms in total. The molecule has 0 aliphatic carbocycles. The molecule has 12 heteroatoms. The maximum absolute atomic E-state index is 11.2. The number of hydrogen-bond donors (Lipinski definition) is 10. The third kappa shape index (κ3) is 4.45. The van der Waals surface area contributed by atoms with E-state index < -0.39 is 63.5 Å². The Bertz CT molecular complexity index is 1310. The molecule has 3 atom stereocenters. The van der Waals surface area contributed by atoms with Crippen molar-refractivity contribution in [3.63, 3.8) is 0 Å². The molecule has 36 heavy (non-hydrogen) atoms. The highest BCUT2D eigenvalue weighted by molar-refractivity contribution is 6.34. The van der Waals surface area contributed by atoms with E-state index in [-0.39, 0.29) is 12.1 Å². The molecule has 0 bridgehead atoms. The van der Waals surface area contributed by atoms with Gasteiger partial charge in [0.05, 0.1) is 17.7 Å². The first-order chi connectivity index (χ1) is 16.8. The third-order valence-electron chi connectivity index (χ3n) is 6.00. The number of phenolic OH excluding ortho intramolecular Hbond substituents is 4. The van der Waals surface area contributed by atoms with Crippen LogP contribution in [0.15, 0.2) is 48.5 Å². The first-order valence-corrected chi connectivity index (χ1v) is 11.0. The van der Waals surface area contributed by atoms with Crippen molar-refractivity contribution < 1.29 is 45.6 Å². The lowest BCUT2D eigenvalue weighted by atomic mass is 9.81. The summed E-state index contributed by atoms with van der Waals surface area (Å²) in [6, 6.07) is 13.4. The predicted molar refractivity (Wildman–Crippen MR) is 128 cm³/mol. The highest BCUT2D eigenvalue weighted by Gasteiger charge is 2.57. The van der Waals surface area contributed by atoms with E-state index in [4.69, 9.17) is 11.6 Å². The van der Waals surface area contributed by atoms with Gasteiger partial charge in [0.2, 0.25) is 5.75 Å². The highest BCUT2D eigenvalue weighted by atomic mass is 35.5. The van der Waals surface area contributed by atoms with Crippen molar-refractivity contribution in [3.05, 3.63) is 64.7 Å². The second-order valence-electron chi connectivity index (χ2n) is 8.60. The third-order valence-corrected chi connectivity index (χ3v) is 6.36. The Morgan fingerprint density at radius 2 is 1.58 bits per heavy atom. The van der Waals surface area contributed by atoms with Crippen LogP contribution in [-0.2, 0) is 0 Å². The summed E-state index contributed by atoms with van der Waals surface area (Å²) in [4.78, 5) is 11.2. The minimum atomic E-state index is -2.22. The second-order valence-corrected chi connectivity index (χ2v) is 8.98. The van der Waals surface area contributed by atoms with Gasteiger partial charge in [0, 0.05) is 12.1 Å². The molecule has 3 aromatic rings. The van der Waals surface area contributed by atoms with Crippen LogP contribution in [0.1, 0.15) is 28.4 Å². The van der Waals surface area contributed by atoms with Gasteiger partial charge >= 0.3 is 5.97 Å². The molecule has 190 valence electrons. The van der Waals surface area contributed by atoms with Gasteiger partial charge in [0.1, 0.15) is 22.6 Å². The maximum atomic E-state index is 11.2. The number of benzene rings is 3. The largest absolute Gasteiger partial charge is 0.506 e. The number of carboxylic acid groups (broad SMARTS) is 1. The molecule has 1 saturated heterocycles. The van der Waals surface area contributed by atoms with Gasteiger partial charge in [-0.25, -0.2) is 4.79 Å². The molecule has 1 heterocycles. The van der Waals surface area contributed by atoms with Crippen molar-refractivity contribution >= 4 is 23.3 Å². The van der Waals surface area contributed by atoms with Gasteiger partial charge in [-0.2, -0.15) is 0 Å². The average Bonchev–Trinajstić information content (AvgIpc) is 2.84. The Morgan fingerprint density at radius 3 is 2.22 bits per heavy atom. The highest BCUT2D eigenvalue weighted by Crippen LogP contribution is 2.54. The molecule has 0 amide bonds. The van der Waals surface area contributed by atoms with Gasteiger partial charge in [-0.3, -0.25) is 5.32 Å². The summed E-state index contributed by atoms with van der Waals surface area (Å²) >= 11 is 5.70. The zero-order chi connectivity index (χ0) is 26.4. The Morgan fingerprint density at radius 1 is 0.972 bits per heavy atom. The standard InChI is InChI=1S/C24H23ClN2O9/c25-16-17(28)15(18(29)20(31)19(16)30)21(32)24(36)9-23(35,27-24)10-26-14-6-2-4-12(8-14)11-3-1-5-13(7-11)22(33)34/h1-8,21,26-32,35-36H,9-10H2,(H,33,34). The lowest BCUT2D eigenvalue weighted by molar-refractivity contribution is -0.253. The molecule has 0 spiro atoms. The Hall–Kier alpha value is -3.74. The number of carbonyl (C=O) groups is 1. The molecular weight excluding hydrogens is 496 g/mol. The summed E-state index contributed by atoms with van der Waals surface area (Å²) in [5.41, 5.74) is -2.58. The molecule has 1 aliphatic heterocycles. The van der Waals surface area contributed by atoms with Crippen LogP contribution in [0, 0.1) is 0 Å². The van der Waals surface area contributed by atoms with Crippen LogP contribution in [0.25, 0.3) is 11.1 Å². The number of hydrogen-bond acceptors (Lipinski definition) is 10. The lowest BCUT2D eigenvalue weighted by Gasteiger charge is -2.53. The van der Waals surface area contributed by atoms with Crippen LogP contribution in [-0.4, -0.2) is 64.8 Å². The number of rotatable bonds is 7. The van der Waals surface area contributed by atoms with E-state index in [1.54, 1.807) is 36.4 Å². The van der Waals surface area contributed by atoms with Crippen molar-refractivity contribution in [1.82, 2.24) is 5.32 Å².